The van der Waals surface area contributed by atoms with E-state index in [4.69, 9.17) is 4.74 Å². The molecule has 1 nitrogen and oxygen atoms in total. The third-order valence-electron chi connectivity index (χ3n) is 2.52. The van der Waals surface area contributed by atoms with Crippen molar-refractivity contribution in [2.75, 3.05) is 5.33 Å². The van der Waals surface area contributed by atoms with Crippen molar-refractivity contribution in [1.29, 1.82) is 0 Å². The first-order valence-corrected chi connectivity index (χ1v) is 5.88. The SMILES string of the molecule is Fc1ccc(C2CCC(CBr)O2)cc1. The predicted molar refractivity (Wildman–Crippen MR) is 57.0 cm³/mol. The zero-order chi connectivity index (χ0) is 9.97. The molecule has 1 aliphatic heterocycles. The highest BCUT2D eigenvalue weighted by Crippen LogP contribution is 2.33. The second-order valence-corrected chi connectivity index (χ2v) is 4.18. The molecule has 2 rings (SSSR count). The van der Waals surface area contributed by atoms with E-state index in [-0.39, 0.29) is 11.9 Å². The third kappa shape index (κ3) is 2.15. The van der Waals surface area contributed by atoms with Crippen LogP contribution in [-0.2, 0) is 4.74 Å². The fourth-order valence-corrected chi connectivity index (χ4v) is 2.22. The van der Waals surface area contributed by atoms with Crippen molar-refractivity contribution in [1.82, 2.24) is 0 Å². The zero-order valence-corrected chi connectivity index (χ0v) is 9.34. The first kappa shape index (κ1) is 10.1. The summed E-state index contributed by atoms with van der Waals surface area (Å²) in [6.45, 7) is 0. The van der Waals surface area contributed by atoms with Gasteiger partial charge in [-0.3, -0.25) is 0 Å². The number of hydrogen-bond donors (Lipinski definition) is 0. The van der Waals surface area contributed by atoms with Gasteiger partial charge in [-0.2, -0.15) is 0 Å². The fourth-order valence-electron chi connectivity index (χ4n) is 1.74. The highest BCUT2D eigenvalue weighted by atomic mass is 79.9. The molecule has 0 amide bonds. The van der Waals surface area contributed by atoms with Crippen LogP contribution in [0.2, 0.25) is 0 Å². The maximum atomic E-state index is 12.7. The molecule has 0 N–H and O–H groups in total. The summed E-state index contributed by atoms with van der Waals surface area (Å²) in [4.78, 5) is 0. The third-order valence-corrected chi connectivity index (χ3v) is 3.24. The Balaban J connectivity index is 2.06. The van der Waals surface area contributed by atoms with Gasteiger partial charge in [0.25, 0.3) is 0 Å². The molecule has 0 bridgehead atoms. The van der Waals surface area contributed by atoms with Gasteiger partial charge in [-0.15, -0.1) is 0 Å². The van der Waals surface area contributed by atoms with Crippen LogP contribution in [0.3, 0.4) is 0 Å². The predicted octanol–water partition coefficient (Wildman–Crippen LogP) is 3.44. The van der Waals surface area contributed by atoms with Gasteiger partial charge >= 0.3 is 0 Å². The summed E-state index contributed by atoms with van der Waals surface area (Å²) in [5, 5.41) is 0.880. The molecule has 14 heavy (non-hydrogen) atoms. The van der Waals surface area contributed by atoms with E-state index in [2.05, 4.69) is 15.9 Å². The van der Waals surface area contributed by atoms with E-state index in [9.17, 15) is 4.39 Å². The van der Waals surface area contributed by atoms with E-state index >= 15 is 0 Å². The number of halogens is 2. The van der Waals surface area contributed by atoms with Crippen LogP contribution in [0.1, 0.15) is 24.5 Å². The Morgan fingerprint density at radius 3 is 2.57 bits per heavy atom. The molecule has 0 aromatic heterocycles. The lowest BCUT2D eigenvalue weighted by Crippen LogP contribution is -2.07. The molecule has 1 saturated heterocycles. The Labute approximate surface area is 91.4 Å². The summed E-state index contributed by atoms with van der Waals surface area (Å²) in [6, 6.07) is 6.58. The Kier molecular flexibility index (Phi) is 3.19. The Bertz CT molecular complexity index is 299. The summed E-state index contributed by atoms with van der Waals surface area (Å²) < 4.78 is 18.4. The lowest BCUT2D eigenvalue weighted by molar-refractivity contribution is 0.0588. The number of alkyl halides is 1. The lowest BCUT2D eigenvalue weighted by Gasteiger charge is -2.11. The minimum absolute atomic E-state index is 0.151. The van der Waals surface area contributed by atoms with Crippen molar-refractivity contribution >= 4 is 15.9 Å². The molecule has 0 saturated carbocycles. The van der Waals surface area contributed by atoms with E-state index < -0.39 is 0 Å². The van der Waals surface area contributed by atoms with E-state index in [0.717, 1.165) is 23.7 Å². The zero-order valence-electron chi connectivity index (χ0n) is 7.75. The van der Waals surface area contributed by atoms with Gasteiger partial charge in [0.15, 0.2) is 0 Å². The maximum absolute atomic E-state index is 12.7. The average Bonchev–Trinajstić information content (AvgIpc) is 2.67. The second-order valence-electron chi connectivity index (χ2n) is 3.53. The smallest absolute Gasteiger partial charge is 0.123 e. The van der Waals surface area contributed by atoms with Crippen molar-refractivity contribution in [2.45, 2.75) is 25.0 Å². The molecule has 1 aromatic rings. The van der Waals surface area contributed by atoms with Crippen molar-refractivity contribution in [3.05, 3.63) is 35.6 Å². The first-order valence-electron chi connectivity index (χ1n) is 4.76. The first-order chi connectivity index (χ1) is 6.79. The van der Waals surface area contributed by atoms with E-state index in [1.54, 1.807) is 12.1 Å². The van der Waals surface area contributed by atoms with Crippen LogP contribution in [0, 0.1) is 5.82 Å². The van der Waals surface area contributed by atoms with E-state index in [0.29, 0.717) is 6.10 Å². The van der Waals surface area contributed by atoms with E-state index in [1.165, 1.54) is 12.1 Å². The highest BCUT2D eigenvalue weighted by molar-refractivity contribution is 9.09. The number of hydrogen-bond acceptors (Lipinski definition) is 1. The van der Waals surface area contributed by atoms with Gasteiger partial charge in [0, 0.05) is 5.33 Å². The van der Waals surface area contributed by atoms with Gasteiger partial charge in [-0.25, -0.2) is 4.39 Å². The molecule has 1 fully saturated rings. The van der Waals surface area contributed by atoms with Crippen molar-refractivity contribution in [3.8, 4) is 0 Å². The maximum Gasteiger partial charge on any atom is 0.123 e. The van der Waals surface area contributed by atoms with Gasteiger partial charge in [-0.1, -0.05) is 28.1 Å². The molecular formula is C11H12BrFO. The minimum Gasteiger partial charge on any atom is -0.369 e. The molecule has 0 spiro atoms. The van der Waals surface area contributed by atoms with Gasteiger partial charge in [0.2, 0.25) is 0 Å². The van der Waals surface area contributed by atoms with Crippen molar-refractivity contribution < 1.29 is 9.13 Å². The summed E-state index contributed by atoms with van der Waals surface area (Å²) in [5.41, 5.74) is 1.08. The van der Waals surface area contributed by atoms with Crippen LogP contribution < -0.4 is 0 Å². The van der Waals surface area contributed by atoms with Gasteiger partial charge in [-0.05, 0) is 30.5 Å². The fraction of sp³-hybridized carbons (Fsp3) is 0.455. The van der Waals surface area contributed by atoms with Crippen LogP contribution in [0.15, 0.2) is 24.3 Å². The average molecular weight is 259 g/mol. The Hall–Kier alpha value is -0.410. The van der Waals surface area contributed by atoms with Crippen LogP contribution in [-0.4, -0.2) is 11.4 Å². The Morgan fingerprint density at radius 2 is 2.00 bits per heavy atom. The molecule has 1 aromatic carbocycles. The van der Waals surface area contributed by atoms with Crippen molar-refractivity contribution in [2.24, 2.45) is 0 Å². The molecule has 0 aliphatic carbocycles. The number of ether oxygens (including phenoxy) is 1. The van der Waals surface area contributed by atoms with Crippen LogP contribution in [0.4, 0.5) is 4.39 Å². The topological polar surface area (TPSA) is 9.23 Å². The highest BCUT2D eigenvalue weighted by Gasteiger charge is 2.25. The summed E-state index contributed by atoms with van der Waals surface area (Å²) in [7, 11) is 0. The van der Waals surface area contributed by atoms with Gasteiger partial charge in [0.05, 0.1) is 12.2 Å². The molecule has 0 radical (unpaired) electrons. The molecule has 2 unspecified atom stereocenters. The summed E-state index contributed by atoms with van der Waals surface area (Å²) in [6.07, 6.45) is 2.57. The monoisotopic (exact) mass is 258 g/mol. The molecular weight excluding hydrogens is 247 g/mol. The van der Waals surface area contributed by atoms with Gasteiger partial charge < -0.3 is 4.74 Å². The van der Waals surface area contributed by atoms with Crippen LogP contribution >= 0.6 is 15.9 Å². The summed E-state index contributed by atoms with van der Waals surface area (Å²) >= 11 is 3.40. The van der Waals surface area contributed by atoms with Crippen LogP contribution in [0.25, 0.3) is 0 Å². The normalized spacial score (nSPS) is 26.7. The minimum atomic E-state index is -0.191. The Morgan fingerprint density at radius 1 is 1.29 bits per heavy atom. The largest absolute Gasteiger partial charge is 0.369 e. The van der Waals surface area contributed by atoms with Crippen molar-refractivity contribution in [3.63, 3.8) is 0 Å². The number of benzene rings is 1. The van der Waals surface area contributed by atoms with E-state index in [1.807, 2.05) is 0 Å². The quantitative estimate of drug-likeness (QED) is 0.739. The molecule has 1 heterocycles. The van der Waals surface area contributed by atoms with Gasteiger partial charge in [0.1, 0.15) is 5.82 Å². The lowest BCUT2D eigenvalue weighted by atomic mass is 10.1. The second kappa shape index (κ2) is 4.41. The van der Waals surface area contributed by atoms with Crippen LogP contribution in [0.5, 0.6) is 0 Å². The number of rotatable bonds is 2. The summed E-state index contributed by atoms with van der Waals surface area (Å²) in [5.74, 6) is -0.191. The standard InChI is InChI=1S/C11H12BrFO/c12-7-10-5-6-11(14-10)8-1-3-9(13)4-2-8/h1-4,10-11H,5-7H2. The molecule has 3 heteroatoms. The molecule has 1 aliphatic rings. The molecule has 76 valence electrons. The molecule has 2 atom stereocenters.